The zero-order chi connectivity index (χ0) is 11.5. The molecule has 2 bridgehead atoms. The molecule has 2 fully saturated rings. The summed E-state index contributed by atoms with van der Waals surface area (Å²) in [6, 6.07) is 0. The van der Waals surface area contributed by atoms with E-state index in [2.05, 4.69) is 12.2 Å². The van der Waals surface area contributed by atoms with Crippen molar-refractivity contribution in [2.24, 2.45) is 23.7 Å². The van der Waals surface area contributed by atoms with Gasteiger partial charge in [0.1, 0.15) is 0 Å². The first-order valence-corrected chi connectivity index (χ1v) is 8.13. The number of rotatable bonds is 0. The van der Waals surface area contributed by atoms with Gasteiger partial charge >= 0.3 is 0 Å². The molecule has 0 aliphatic heterocycles. The highest BCUT2D eigenvalue weighted by atomic mass is 14.5. The fraction of sp³-hybridized carbons (Fsp3) is 0.882. The topological polar surface area (TPSA) is 0 Å². The van der Waals surface area contributed by atoms with E-state index >= 15 is 0 Å². The predicted molar refractivity (Wildman–Crippen MR) is 73.9 cm³/mol. The largest absolute Gasteiger partial charge is 0.0848 e. The van der Waals surface area contributed by atoms with Gasteiger partial charge in [-0.25, -0.2) is 0 Å². The van der Waals surface area contributed by atoms with Gasteiger partial charge in [-0.3, -0.25) is 0 Å². The molecule has 0 radical (unpaired) electrons. The van der Waals surface area contributed by atoms with Gasteiger partial charge in [-0.2, -0.15) is 0 Å². The molecule has 0 saturated heterocycles. The van der Waals surface area contributed by atoms with E-state index < -0.39 is 0 Å². The quantitative estimate of drug-likeness (QED) is 0.495. The van der Waals surface area contributed by atoms with Crippen LogP contribution >= 0.6 is 0 Å². The molecule has 0 N–H and O–H groups in total. The average Bonchev–Trinajstić information content (AvgIpc) is 2.89. The molecule has 2 saturated carbocycles. The van der Waals surface area contributed by atoms with Gasteiger partial charge in [0.2, 0.25) is 0 Å². The van der Waals surface area contributed by atoms with Crippen LogP contribution in [0.3, 0.4) is 0 Å². The van der Waals surface area contributed by atoms with E-state index in [1.54, 1.807) is 0 Å². The highest BCUT2D eigenvalue weighted by molar-refractivity contribution is 5.13. The molecule has 0 amide bonds. The van der Waals surface area contributed by atoms with E-state index in [4.69, 9.17) is 0 Å². The summed E-state index contributed by atoms with van der Waals surface area (Å²) in [5.74, 6) is 4.11. The Bertz CT molecular complexity index is 239. The maximum atomic E-state index is 2.55. The first kappa shape index (κ1) is 11.8. The summed E-state index contributed by atoms with van der Waals surface area (Å²) >= 11 is 0. The molecular formula is C17H28. The number of fused-ring (bicyclic) bond motifs is 5. The molecule has 3 aliphatic rings. The fourth-order valence-corrected chi connectivity index (χ4v) is 4.70. The normalized spacial score (nSPS) is 42.8. The van der Waals surface area contributed by atoms with Crippen LogP contribution in [0, 0.1) is 23.7 Å². The minimum atomic E-state index is 0.980. The second kappa shape index (κ2) is 5.59. The molecule has 3 aliphatic carbocycles. The second-order valence-corrected chi connectivity index (χ2v) is 6.68. The summed E-state index contributed by atoms with van der Waals surface area (Å²) in [6.45, 7) is 0. The maximum absolute atomic E-state index is 2.55. The molecular weight excluding hydrogens is 204 g/mol. The maximum Gasteiger partial charge on any atom is -0.0196 e. The predicted octanol–water partition coefficient (Wildman–Crippen LogP) is 5.34. The molecule has 0 aromatic heterocycles. The van der Waals surface area contributed by atoms with Crippen molar-refractivity contribution >= 4 is 0 Å². The molecule has 0 heterocycles. The summed E-state index contributed by atoms with van der Waals surface area (Å²) in [5, 5.41) is 0. The van der Waals surface area contributed by atoms with E-state index in [9.17, 15) is 0 Å². The van der Waals surface area contributed by atoms with Crippen molar-refractivity contribution in [2.75, 3.05) is 0 Å². The molecule has 0 aromatic carbocycles. The zero-order valence-corrected chi connectivity index (χ0v) is 11.2. The Morgan fingerprint density at radius 3 is 1.41 bits per heavy atom. The Morgan fingerprint density at radius 1 is 0.529 bits per heavy atom. The van der Waals surface area contributed by atoms with Crippen LogP contribution in [0.15, 0.2) is 12.2 Å². The standard InChI is InChI=1S/C17H28/c1-2-4-6-8-10-17-15-12-11-14(13-15)16(17)9-7-5-3-1/h11-12,14-17H,1-10,13H2. The van der Waals surface area contributed by atoms with Crippen molar-refractivity contribution in [3.8, 4) is 0 Å². The first-order valence-electron chi connectivity index (χ1n) is 8.13. The minimum absolute atomic E-state index is 0.980. The van der Waals surface area contributed by atoms with Gasteiger partial charge in [-0.15, -0.1) is 0 Å². The second-order valence-electron chi connectivity index (χ2n) is 6.68. The van der Waals surface area contributed by atoms with Gasteiger partial charge < -0.3 is 0 Å². The molecule has 3 rings (SSSR count). The molecule has 0 spiro atoms. The van der Waals surface area contributed by atoms with Gasteiger partial charge in [-0.05, 0) is 42.9 Å². The lowest BCUT2D eigenvalue weighted by Crippen LogP contribution is -2.19. The lowest BCUT2D eigenvalue weighted by atomic mass is 9.77. The van der Waals surface area contributed by atoms with Crippen LogP contribution in [0.5, 0.6) is 0 Å². The Labute approximate surface area is 107 Å². The third-order valence-corrected chi connectivity index (χ3v) is 5.62. The Kier molecular flexibility index (Phi) is 3.88. The van der Waals surface area contributed by atoms with Crippen LogP contribution in [-0.4, -0.2) is 0 Å². The summed E-state index contributed by atoms with van der Waals surface area (Å²) in [6.07, 6.45) is 21.7. The van der Waals surface area contributed by atoms with Gasteiger partial charge in [0, 0.05) is 0 Å². The van der Waals surface area contributed by atoms with Crippen LogP contribution in [0.1, 0.15) is 70.6 Å². The van der Waals surface area contributed by atoms with Gasteiger partial charge in [0.15, 0.2) is 0 Å². The highest BCUT2D eigenvalue weighted by Crippen LogP contribution is 2.51. The number of hydrogen-bond acceptors (Lipinski definition) is 0. The van der Waals surface area contributed by atoms with Crippen LogP contribution in [0.25, 0.3) is 0 Å². The third-order valence-electron chi connectivity index (χ3n) is 5.62. The van der Waals surface area contributed by atoms with Crippen molar-refractivity contribution in [1.82, 2.24) is 0 Å². The minimum Gasteiger partial charge on any atom is -0.0848 e. The summed E-state index contributed by atoms with van der Waals surface area (Å²) in [5.41, 5.74) is 0. The van der Waals surface area contributed by atoms with Gasteiger partial charge in [-0.1, -0.05) is 63.5 Å². The lowest BCUT2D eigenvalue weighted by molar-refractivity contribution is 0.258. The molecule has 17 heavy (non-hydrogen) atoms. The van der Waals surface area contributed by atoms with Crippen molar-refractivity contribution < 1.29 is 0 Å². The molecule has 0 nitrogen and oxygen atoms in total. The Morgan fingerprint density at radius 2 is 0.941 bits per heavy atom. The SMILES string of the molecule is C1=CC2CC1C1CCCCCCCCCCC21. The van der Waals surface area contributed by atoms with E-state index in [1.165, 1.54) is 70.6 Å². The van der Waals surface area contributed by atoms with Crippen LogP contribution in [-0.2, 0) is 0 Å². The summed E-state index contributed by atoms with van der Waals surface area (Å²) in [7, 11) is 0. The van der Waals surface area contributed by atoms with Crippen LogP contribution < -0.4 is 0 Å². The first-order chi connectivity index (χ1) is 8.45. The van der Waals surface area contributed by atoms with Crippen molar-refractivity contribution in [1.29, 1.82) is 0 Å². The molecule has 4 unspecified atom stereocenters. The highest BCUT2D eigenvalue weighted by Gasteiger charge is 2.43. The van der Waals surface area contributed by atoms with E-state index in [0.717, 1.165) is 23.7 Å². The molecule has 0 aromatic rings. The van der Waals surface area contributed by atoms with Crippen molar-refractivity contribution in [2.45, 2.75) is 70.6 Å². The lowest BCUT2D eigenvalue weighted by Gasteiger charge is -2.28. The van der Waals surface area contributed by atoms with E-state index in [0.29, 0.717) is 0 Å². The summed E-state index contributed by atoms with van der Waals surface area (Å²) < 4.78 is 0. The fourth-order valence-electron chi connectivity index (χ4n) is 4.70. The number of allylic oxidation sites excluding steroid dienone is 2. The molecule has 4 atom stereocenters. The Hall–Kier alpha value is -0.260. The monoisotopic (exact) mass is 232 g/mol. The zero-order valence-electron chi connectivity index (χ0n) is 11.2. The van der Waals surface area contributed by atoms with E-state index in [1.807, 2.05) is 0 Å². The van der Waals surface area contributed by atoms with Gasteiger partial charge in [0.25, 0.3) is 0 Å². The molecule has 0 heteroatoms. The summed E-state index contributed by atoms with van der Waals surface area (Å²) in [4.78, 5) is 0. The molecule has 96 valence electrons. The van der Waals surface area contributed by atoms with Gasteiger partial charge in [0.05, 0.1) is 0 Å². The smallest absolute Gasteiger partial charge is 0.0196 e. The average molecular weight is 232 g/mol. The van der Waals surface area contributed by atoms with Crippen molar-refractivity contribution in [3.63, 3.8) is 0 Å². The Balaban J connectivity index is 1.61. The van der Waals surface area contributed by atoms with Crippen molar-refractivity contribution in [3.05, 3.63) is 12.2 Å². The van der Waals surface area contributed by atoms with Crippen LogP contribution in [0.2, 0.25) is 0 Å². The number of hydrogen-bond donors (Lipinski definition) is 0. The van der Waals surface area contributed by atoms with E-state index in [-0.39, 0.29) is 0 Å². The van der Waals surface area contributed by atoms with Crippen LogP contribution in [0.4, 0.5) is 0 Å². The third kappa shape index (κ3) is 2.61.